The summed E-state index contributed by atoms with van der Waals surface area (Å²) in [5, 5.41) is 48.0. The fourth-order valence-corrected chi connectivity index (χ4v) is 0.431. The van der Waals surface area contributed by atoms with Crippen LogP contribution in [-0.4, -0.2) is 60.6 Å². The van der Waals surface area contributed by atoms with Crippen LogP contribution in [0.1, 0.15) is 6.42 Å². The van der Waals surface area contributed by atoms with Gasteiger partial charge in [0.1, 0.15) is 0 Å². The van der Waals surface area contributed by atoms with Gasteiger partial charge in [0, 0.05) is 0 Å². The SMILES string of the molecule is O=C(O)/C=C(\O)C(=O)O.O=C(O)C[C@@H](O)C(=O)O. The van der Waals surface area contributed by atoms with Gasteiger partial charge in [-0.25, -0.2) is 14.4 Å². The molecule has 0 aliphatic carbocycles. The minimum absolute atomic E-state index is 0.197. The number of carboxylic acids is 4. The Morgan fingerprint density at radius 3 is 1.50 bits per heavy atom. The van der Waals surface area contributed by atoms with Gasteiger partial charge in [-0.05, 0) is 0 Å². The Balaban J connectivity index is 0. The highest BCUT2D eigenvalue weighted by atomic mass is 16.4. The molecule has 0 heterocycles. The van der Waals surface area contributed by atoms with Gasteiger partial charge in [0.2, 0.25) is 5.76 Å². The van der Waals surface area contributed by atoms with Gasteiger partial charge in [-0.2, -0.15) is 0 Å². The normalized spacial score (nSPS) is 11.7. The summed E-state index contributed by atoms with van der Waals surface area (Å²) in [6, 6.07) is 0. The average Bonchev–Trinajstić information content (AvgIpc) is 2.16. The van der Waals surface area contributed by atoms with Crippen molar-refractivity contribution in [3.05, 3.63) is 11.8 Å². The smallest absolute Gasteiger partial charge is 0.371 e. The fourth-order valence-electron chi connectivity index (χ4n) is 0.431. The van der Waals surface area contributed by atoms with Gasteiger partial charge in [-0.15, -0.1) is 0 Å². The zero-order valence-electron chi connectivity index (χ0n) is 8.68. The molecule has 0 bridgehead atoms. The first-order chi connectivity index (χ1) is 8.07. The molecular weight excluding hydrogens is 256 g/mol. The lowest BCUT2D eigenvalue weighted by molar-refractivity contribution is -0.152. The standard InChI is InChI=1S/C4H6O5.C4H4O5/c2*5-2(4(8)9)1-3(6)7/h2,5H,1H2,(H,6,7)(H,8,9);1,5H,(H,6,7)(H,8,9)/b;2-1-/t2-;/m1./s1. The third-order valence-electron chi connectivity index (χ3n) is 1.13. The molecule has 0 fully saturated rings. The number of aliphatic hydroxyl groups excluding tert-OH is 2. The molecule has 0 aromatic heterocycles. The van der Waals surface area contributed by atoms with E-state index in [1.807, 2.05) is 0 Å². The van der Waals surface area contributed by atoms with Gasteiger partial charge in [-0.1, -0.05) is 0 Å². The molecule has 0 aromatic carbocycles. The molecule has 0 aromatic rings. The van der Waals surface area contributed by atoms with Crippen molar-refractivity contribution < 1.29 is 49.8 Å². The second-order valence-electron chi connectivity index (χ2n) is 2.62. The van der Waals surface area contributed by atoms with Crippen LogP contribution in [0.15, 0.2) is 11.8 Å². The highest BCUT2D eigenvalue weighted by Crippen LogP contribution is 1.89. The van der Waals surface area contributed by atoms with Crippen molar-refractivity contribution in [1.29, 1.82) is 0 Å². The molecule has 0 radical (unpaired) electrons. The number of hydrogen-bond acceptors (Lipinski definition) is 6. The zero-order chi connectivity index (χ0) is 14.9. The van der Waals surface area contributed by atoms with Gasteiger partial charge in [0.15, 0.2) is 6.10 Å². The van der Waals surface area contributed by atoms with Crippen LogP contribution >= 0.6 is 0 Å². The van der Waals surface area contributed by atoms with Gasteiger partial charge in [-0.3, -0.25) is 4.79 Å². The lowest BCUT2D eigenvalue weighted by atomic mass is 10.3. The Bertz CT molecular complexity index is 368. The second kappa shape index (κ2) is 8.52. The Labute approximate surface area is 99.0 Å². The van der Waals surface area contributed by atoms with Crippen LogP contribution in [0.5, 0.6) is 0 Å². The van der Waals surface area contributed by atoms with Crippen LogP contribution in [0, 0.1) is 0 Å². The van der Waals surface area contributed by atoms with Gasteiger partial charge < -0.3 is 30.6 Å². The lowest BCUT2D eigenvalue weighted by Gasteiger charge is -1.97. The summed E-state index contributed by atoms with van der Waals surface area (Å²) in [6.07, 6.45) is -2.35. The number of aliphatic carboxylic acids is 4. The lowest BCUT2D eigenvalue weighted by Crippen LogP contribution is -2.22. The molecule has 0 aliphatic heterocycles. The predicted molar refractivity (Wildman–Crippen MR) is 51.9 cm³/mol. The van der Waals surface area contributed by atoms with Crippen molar-refractivity contribution in [1.82, 2.24) is 0 Å². The van der Waals surface area contributed by atoms with E-state index >= 15 is 0 Å². The van der Waals surface area contributed by atoms with Gasteiger partial charge in [0.25, 0.3) is 0 Å². The molecule has 18 heavy (non-hydrogen) atoms. The summed E-state index contributed by atoms with van der Waals surface area (Å²) in [5.74, 6) is -7.17. The summed E-state index contributed by atoms with van der Waals surface area (Å²) in [7, 11) is 0. The van der Waals surface area contributed by atoms with Crippen LogP contribution < -0.4 is 0 Å². The van der Waals surface area contributed by atoms with Crippen LogP contribution in [0.4, 0.5) is 0 Å². The summed E-state index contributed by atoms with van der Waals surface area (Å²) >= 11 is 0. The molecule has 0 amide bonds. The maximum atomic E-state index is 9.72. The highest BCUT2D eigenvalue weighted by molar-refractivity contribution is 5.92. The van der Waals surface area contributed by atoms with E-state index in [9.17, 15) is 19.2 Å². The molecule has 10 heteroatoms. The van der Waals surface area contributed by atoms with Crippen LogP contribution in [0.2, 0.25) is 0 Å². The minimum atomic E-state index is -1.79. The molecule has 0 unspecified atom stereocenters. The molecule has 1 atom stereocenters. The first kappa shape index (κ1) is 17.8. The van der Waals surface area contributed by atoms with Gasteiger partial charge >= 0.3 is 23.9 Å². The molecule has 0 spiro atoms. The maximum Gasteiger partial charge on any atom is 0.371 e. The van der Waals surface area contributed by atoms with Crippen molar-refractivity contribution in [3.8, 4) is 0 Å². The van der Waals surface area contributed by atoms with E-state index in [4.69, 9.17) is 30.6 Å². The van der Waals surface area contributed by atoms with Crippen molar-refractivity contribution in [2.45, 2.75) is 12.5 Å². The van der Waals surface area contributed by atoms with E-state index < -0.39 is 42.2 Å². The number of hydrogen-bond donors (Lipinski definition) is 6. The first-order valence-electron chi connectivity index (χ1n) is 4.07. The maximum absolute atomic E-state index is 9.72. The Morgan fingerprint density at radius 1 is 0.944 bits per heavy atom. The van der Waals surface area contributed by atoms with Crippen molar-refractivity contribution in [2.75, 3.05) is 0 Å². The Morgan fingerprint density at radius 2 is 1.39 bits per heavy atom. The van der Waals surface area contributed by atoms with E-state index in [-0.39, 0.29) is 6.08 Å². The topological polar surface area (TPSA) is 190 Å². The van der Waals surface area contributed by atoms with E-state index in [1.54, 1.807) is 0 Å². The fraction of sp³-hybridized carbons (Fsp3) is 0.250. The molecule has 0 saturated heterocycles. The summed E-state index contributed by atoms with van der Waals surface area (Å²) in [5.41, 5.74) is 0. The van der Waals surface area contributed by atoms with E-state index in [2.05, 4.69) is 0 Å². The first-order valence-corrected chi connectivity index (χ1v) is 4.07. The van der Waals surface area contributed by atoms with E-state index in [1.165, 1.54) is 0 Å². The van der Waals surface area contributed by atoms with Crippen LogP contribution in [0.25, 0.3) is 0 Å². The predicted octanol–water partition coefficient (Wildman–Crippen LogP) is -1.50. The van der Waals surface area contributed by atoms with E-state index in [0.29, 0.717) is 0 Å². The van der Waals surface area contributed by atoms with Crippen molar-refractivity contribution >= 4 is 23.9 Å². The average molecular weight is 266 g/mol. The number of carbonyl (C=O) groups is 4. The monoisotopic (exact) mass is 266 g/mol. The molecule has 0 saturated carbocycles. The molecule has 0 aliphatic rings. The second-order valence-corrected chi connectivity index (χ2v) is 2.62. The quantitative estimate of drug-likeness (QED) is 0.252. The van der Waals surface area contributed by atoms with Crippen LogP contribution in [-0.2, 0) is 19.2 Å². The molecular formula is C8H10O10. The third-order valence-corrected chi connectivity index (χ3v) is 1.13. The Kier molecular flexibility index (Phi) is 8.41. The number of carboxylic acid groups (broad SMARTS) is 4. The van der Waals surface area contributed by atoms with Crippen molar-refractivity contribution in [3.63, 3.8) is 0 Å². The third kappa shape index (κ3) is 11.5. The van der Waals surface area contributed by atoms with E-state index in [0.717, 1.165) is 0 Å². The van der Waals surface area contributed by atoms with Gasteiger partial charge in [0.05, 0.1) is 12.5 Å². The highest BCUT2D eigenvalue weighted by Gasteiger charge is 2.16. The van der Waals surface area contributed by atoms with Crippen molar-refractivity contribution in [2.24, 2.45) is 0 Å². The summed E-state index contributed by atoms with van der Waals surface area (Å²) in [4.78, 5) is 38.7. The Hall–Kier alpha value is -2.62. The molecule has 10 nitrogen and oxygen atoms in total. The zero-order valence-corrected chi connectivity index (χ0v) is 8.68. The number of aliphatic hydroxyl groups is 2. The minimum Gasteiger partial charge on any atom is -0.502 e. The number of rotatable bonds is 5. The largest absolute Gasteiger partial charge is 0.502 e. The molecule has 6 N–H and O–H groups in total. The molecule has 0 rings (SSSR count). The summed E-state index contributed by atoms with van der Waals surface area (Å²) < 4.78 is 0. The summed E-state index contributed by atoms with van der Waals surface area (Å²) in [6.45, 7) is 0. The molecule has 102 valence electrons. The van der Waals surface area contributed by atoms with Crippen LogP contribution in [0.3, 0.4) is 0 Å².